The highest BCUT2D eigenvalue weighted by Gasteiger charge is 2.45. The second kappa shape index (κ2) is 6.47. The Morgan fingerprint density at radius 1 is 1.00 bits per heavy atom. The van der Waals surface area contributed by atoms with Crippen LogP contribution in [0.4, 0.5) is 17.6 Å². The molecule has 1 aromatic carbocycles. The maximum absolute atomic E-state index is 14.0. The molecule has 2 aromatic rings. The molecule has 5 nitrogen and oxygen atoms in total. The Kier molecular flexibility index (Phi) is 4.11. The molecule has 2 aliphatic heterocycles. The number of aromatic nitrogens is 3. The first kappa shape index (κ1) is 18.4. The Morgan fingerprint density at radius 2 is 1.72 bits per heavy atom. The fourth-order valence-corrected chi connectivity index (χ4v) is 4.66. The van der Waals surface area contributed by atoms with Crippen LogP contribution in [0.1, 0.15) is 48.8 Å². The summed E-state index contributed by atoms with van der Waals surface area (Å²) in [5.41, 5.74) is 1.40. The lowest BCUT2D eigenvalue weighted by Gasteiger charge is -2.29. The molecule has 5 rings (SSSR count). The van der Waals surface area contributed by atoms with Crippen LogP contribution in [-0.4, -0.2) is 26.7 Å². The van der Waals surface area contributed by atoms with Gasteiger partial charge < -0.3 is 9.47 Å². The molecule has 1 aliphatic carbocycles. The van der Waals surface area contributed by atoms with Crippen molar-refractivity contribution in [1.29, 1.82) is 0 Å². The molecule has 0 amide bonds. The molecular formula is C20H19F4N3O2. The summed E-state index contributed by atoms with van der Waals surface area (Å²) in [5, 5.41) is 8.64. The zero-order valence-corrected chi connectivity index (χ0v) is 15.5. The summed E-state index contributed by atoms with van der Waals surface area (Å²) in [4.78, 5) is 0. The summed E-state index contributed by atoms with van der Waals surface area (Å²) in [6.07, 6.45) is 0.274. The number of hydrogen-bond donors (Lipinski definition) is 0. The normalized spacial score (nSPS) is 25.1. The zero-order chi connectivity index (χ0) is 20.2. The molecule has 0 radical (unpaired) electrons. The highest BCUT2D eigenvalue weighted by atomic mass is 19.4. The minimum absolute atomic E-state index is 0.0761. The third-order valence-corrected chi connectivity index (χ3v) is 6.10. The topological polar surface area (TPSA) is 49.2 Å². The highest BCUT2D eigenvalue weighted by Crippen LogP contribution is 2.44. The van der Waals surface area contributed by atoms with Crippen LogP contribution >= 0.6 is 0 Å². The van der Waals surface area contributed by atoms with Gasteiger partial charge in [-0.05, 0) is 49.4 Å². The van der Waals surface area contributed by atoms with Crippen LogP contribution in [0.5, 0.6) is 0 Å². The number of ether oxygens (including phenoxy) is 2. The summed E-state index contributed by atoms with van der Waals surface area (Å²) in [6, 6.07) is 4.45. The Balaban J connectivity index is 1.53. The van der Waals surface area contributed by atoms with E-state index in [1.807, 2.05) is 4.57 Å². The van der Waals surface area contributed by atoms with E-state index < -0.39 is 17.9 Å². The van der Waals surface area contributed by atoms with Gasteiger partial charge in [-0.3, -0.25) is 4.57 Å². The lowest BCUT2D eigenvalue weighted by Crippen LogP contribution is -2.35. The van der Waals surface area contributed by atoms with E-state index in [4.69, 9.17) is 9.47 Å². The van der Waals surface area contributed by atoms with Crippen LogP contribution in [0.2, 0.25) is 0 Å². The number of halogens is 4. The molecule has 1 saturated carbocycles. The summed E-state index contributed by atoms with van der Waals surface area (Å²) >= 11 is 0. The van der Waals surface area contributed by atoms with Crippen molar-refractivity contribution in [3.63, 3.8) is 0 Å². The molecule has 0 atom stereocenters. The largest absolute Gasteiger partial charge is 0.456 e. The van der Waals surface area contributed by atoms with Crippen molar-refractivity contribution in [2.24, 2.45) is 5.92 Å². The lowest BCUT2D eigenvalue weighted by atomic mass is 9.81. The number of fused-ring (bicyclic) bond motifs is 3. The van der Waals surface area contributed by atoms with Crippen LogP contribution < -0.4 is 0 Å². The fraction of sp³-hybridized carbons (Fsp3) is 0.500. The van der Waals surface area contributed by atoms with E-state index in [1.54, 1.807) is 6.07 Å². The monoisotopic (exact) mass is 409 g/mol. The minimum atomic E-state index is -4.16. The van der Waals surface area contributed by atoms with E-state index in [2.05, 4.69) is 10.2 Å². The molecule has 0 saturated heterocycles. The Bertz CT molecular complexity index is 953. The molecule has 29 heavy (non-hydrogen) atoms. The SMILES string of the molecule is Fc1ccc2c(c1)CC1(Cc3nnc(C4CCC(C(F)(F)F)CC4)n3-2)OC=CO1. The van der Waals surface area contributed by atoms with E-state index in [1.165, 1.54) is 24.7 Å². The lowest BCUT2D eigenvalue weighted by molar-refractivity contribution is -0.182. The van der Waals surface area contributed by atoms with Crippen molar-refractivity contribution in [3.8, 4) is 5.69 Å². The smallest absolute Gasteiger partial charge is 0.391 e. The Morgan fingerprint density at radius 3 is 2.41 bits per heavy atom. The second-order valence-corrected chi connectivity index (χ2v) is 7.95. The van der Waals surface area contributed by atoms with E-state index in [-0.39, 0.29) is 24.6 Å². The van der Waals surface area contributed by atoms with Crippen molar-refractivity contribution >= 4 is 0 Å². The number of rotatable bonds is 1. The third-order valence-electron chi connectivity index (χ3n) is 6.10. The number of benzene rings is 1. The van der Waals surface area contributed by atoms with Crippen LogP contribution in [0.25, 0.3) is 5.69 Å². The van der Waals surface area contributed by atoms with Gasteiger partial charge in [0, 0.05) is 5.92 Å². The second-order valence-electron chi connectivity index (χ2n) is 7.95. The number of hydrogen-bond acceptors (Lipinski definition) is 4. The Hall–Kier alpha value is -2.58. The van der Waals surface area contributed by atoms with Gasteiger partial charge in [-0.2, -0.15) is 13.2 Å². The van der Waals surface area contributed by atoms with Crippen LogP contribution in [0.3, 0.4) is 0 Å². The molecule has 154 valence electrons. The maximum atomic E-state index is 14.0. The summed E-state index contributed by atoms with van der Waals surface area (Å²) in [5.74, 6) is -1.58. The van der Waals surface area contributed by atoms with Crippen LogP contribution in [-0.2, 0) is 22.3 Å². The first-order valence-corrected chi connectivity index (χ1v) is 9.65. The van der Waals surface area contributed by atoms with Crippen molar-refractivity contribution in [2.75, 3.05) is 0 Å². The molecule has 3 heterocycles. The summed E-state index contributed by atoms with van der Waals surface area (Å²) in [7, 11) is 0. The van der Waals surface area contributed by atoms with Crippen molar-refractivity contribution in [1.82, 2.24) is 14.8 Å². The highest BCUT2D eigenvalue weighted by molar-refractivity contribution is 5.46. The van der Waals surface area contributed by atoms with Gasteiger partial charge in [-0.1, -0.05) is 0 Å². The first-order valence-electron chi connectivity index (χ1n) is 9.65. The molecule has 1 aromatic heterocycles. The van der Waals surface area contributed by atoms with Crippen molar-refractivity contribution in [3.05, 3.63) is 53.8 Å². The van der Waals surface area contributed by atoms with Gasteiger partial charge in [0.25, 0.3) is 5.79 Å². The predicted molar refractivity (Wildman–Crippen MR) is 93.5 cm³/mol. The first-order chi connectivity index (χ1) is 13.8. The van der Waals surface area contributed by atoms with Crippen molar-refractivity contribution in [2.45, 2.75) is 56.4 Å². The van der Waals surface area contributed by atoms with Gasteiger partial charge in [-0.25, -0.2) is 4.39 Å². The minimum Gasteiger partial charge on any atom is -0.456 e. The molecule has 0 N–H and O–H groups in total. The van der Waals surface area contributed by atoms with E-state index in [0.29, 0.717) is 42.9 Å². The zero-order valence-electron chi connectivity index (χ0n) is 15.5. The number of alkyl halides is 3. The molecular weight excluding hydrogens is 390 g/mol. The van der Waals surface area contributed by atoms with E-state index in [0.717, 1.165) is 5.69 Å². The van der Waals surface area contributed by atoms with Gasteiger partial charge in [0.2, 0.25) is 0 Å². The maximum Gasteiger partial charge on any atom is 0.391 e. The van der Waals surface area contributed by atoms with Gasteiger partial charge in [-0.15, -0.1) is 10.2 Å². The van der Waals surface area contributed by atoms with Crippen molar-refractivity contribution < 1.29 is 27.0 Å². The fourth-order valence-electron chi connectivity index (χ4n) is 4.66. The number of nitrogens with zero attached hydrogens (tertiary/aromatic N) is 3. The van der Waals surface area contributed by atoms with E-state index in [9.17, 15) is 17.6 Å². The Labute approximate surface area is 164 Å². The van der Waals surface area contributed by atoms with Gasteiger partial charge >= 0.3 is 6.18 Å². The summed E-state index contributed by atoms with van der Waals surface area (Å²) < 4.78 is 66.3. The third kappa shape index (κ3) is 3.16. The van der Waals surface area contributed by atoms with Crippen LogP contribution in [0, 0.1) is 11.7 Å². The quantitative estimate of drug-likeness (QED) is 0.649. The summed E-state index contributed by atoms with van der Waals surface area (Å²) in [6.45, 7) is 0. The molecule has 3 aliphatic rings. The molecule has 0 unspecified atom stereocenters. The average Bonchev–Trinajstić information content (AvgIpc) is 3.26. The van der Waals surface area contributed by atoms with Gasteiger partial charge in [0.15, 0.2) is 0 Å². The average molecular weight is 409 g/mol. The molecule has 1 spiro atoms. The van der Waals surface area contributed by atoms with Gasteiger partial charge in [0.05, 0.1) is 24.4 Å². The van der Waals surface area contributed by atoms with Gasteiger partial charge in [0.1, 0.15) is 30.0 Å². The standard InChI is InChI=1S/C20H19F4N3O2/c21-15-5-6-16-13(9-15)10-19(28-7-8-29-19)11-17-25-26-18(27(16)17)12-1-3-14(4-2-12)20(22,23)24/h5-9,12,14H,1-4,10-11H2. The van der Waals surface area contributed by atoms with E-state index >= 15 is 0 Å². The molecule has 1 fully saturated rings. The molecule has 0 bridgehead atoms. The van der Waals surface area contributed by atoms with Crippen LogP contribution in [0.15, 0.2) is 30.7 Å². The molecule has 9 heteroatoms. The predicted octanol–water partition coefficient (Wildman–Crippen LogP) is 4.56.